The first-order chi connectivity index (χ1) is 16.9. The summed E-state index contributed by atoms with van der Waals surface area (Å²) in [6, 6.07) is 11.6. The smallest absolute Gasteiger partial charge is 0.234 e. The Morgan fingerprint density at radius 1 is 1.14 bits per heavy atom. The van der Waals surface area contributed by atoms with Crippen LogP contribution < -0.4 is 14.5 Å². The third kappa shape index (κ3) is 5.46. The van der Waals surface area contributed by atoms with Crippen LogP contribution in [0.2, 0.25) is 0 Å². The van der Waals surface area contributed by atoms with Crippen molar-refractivity contribution in [3.63, 3.8) is 0 Å². The van der Waals surface area contributed by atoms with Crippen molar-refractivity contribution in [2.45, 2.75) is 27.2 Å². The van der Waals surface area contributed by atoms with Crippen molar-refractivity contribution in [2.24, 2.45) is 5.92 Å². The summed E-state index contributed by atoms with van der Waals surface area (Å²) in [5.41, 5.74) is 1.34. The maximum Gasteiger partial charge on any atom is 0.234 e. The molecule has 0 bridgehead atoms. The fraction of sp³-hybridized carbons (Fsp3) is 0.423. The number of anilines is 2. The van der Waals surface area contributed by atoms with Gasteiger partial charge in [-0.1, -0.05) is 31.3 Å². The molecule has 2 amide bonds. The molecule has 0 N–H and O–H groups in total. The molecule has 0 saturated carbocycles. The SMILES string of the molecule is CCOc1cccc2sc(N(CCN(CC)CC)C(=O)C3CC(=O)N(c4ccc(F)cc4)C3)nc12. The summed E-state index contributed by atoms with van der Waals surface area (Å²) in [4.78, 5) is 36.9. The first kappa shape index (κ1) is 25.1. The lowest BCUT2D eigenvalue weighted by molar-refractivity contribution is -0.124. The summed E-state index contributed by atoms with van der Waals surface area (Å²) in [5, 5.41) is 0.608. The van der Waals surface area contributed by atoms with Crippen molar-refractivity contribution in [3.05, 3.63) is 48.3 Å². The number of benzene rings is 2. The summed E-state index contributed by atoms with van der Waals surface area (Å²) in [6.07, 6.45) is 0.118. The number of likely N-dealkylation sites (N-methyl/N-ethyl adjacent to an activating group) is 1. The minimum absolute atomic E-state index is 0.118. The highest BCUT2D eigenvalue weighted by atomic mass is 32.1. The lowest BCUT2D eigenvalue weighted by Crippen LogP contribution is -2.42. The van der Waals surface area contributed by atoms with Crippen molar-refractivity contribution < 1.29 is 18.7 Å². The summed E-state index contributed by atoms with van der Waals surface area (Å²) >= 11 is 1.45. The molecule has 1 unspecified atom stereocenters. The molecule has 1 aromatic heterocycles. The van der Waals surface area contributed by atoms with Crippen LogP contribution in [0.1, 0.15) is 27.2 Å². The van der Waals surface area contributed by atoms with Crippen LogP contribution in [-0.2, 0) is 9.59 Å². The molecule has 1 atom stereocenters. The number of amides is 2. The van der Waals surface area contributed by atoms with E-state index in [9.17, 15) is 14.0 Å². The standard InChI is InChI=1S/C26H31FN4O3S/c1-4-29(5-2)14-15-30(26-28-24-21(34-6-3)8-7-9-22(24)35-26)25(33)18-16-23(32)31(17-18)20-12-10-19(27)11-13-20/h7-13,18H,4-6,14-17H2,1-3H3. The van der Waals surface area contributed by atoms with E-state index in [2.05, 4.69) is 18.7 Å². The molecule has 2 heterocycles. The van der Waals surface area contributed by atoms with Crippen molar-refractivity contribution in [3.8, 4) is 5.75 Å². The van der Waals surface area contributed by atoms with Crippen LogP contribution in [-0.4, -0.2) is 61.0 Å². The summed E-state index contributed by atoms with van der Waals surface area (Å²) in [7, 11) is 0. The van der Waals surface area contributed by atoms with Gasteiger partial charge in [0.05, 0.1) is 17.2 Å². The van der Waals surface area contributed by atoms with E-state index in [4.69, 9.17) is 9.72 Å². The second kappa shape index (κ2) is 11.1. The minimum Gasteiger partial charge on any atom is -0.492 e. The molecule has 9 heteroatoms. The molecule has 35 heavy (non-hydrogen) atoms. The molecule has 186 valence electrons. The van der Waals surface area contributed by atoms with Crippen LogP contribution in [0.3, 0.4) is 0 Å². The molecular formula is C26H31FN4O3S. The third-order valence-corrected chi connectivity index (χ3v) is 7.36. The van der Waals surface area contributed by atoms with E-state index in [1.54, 1.807) is 21.9 Å². The highest BCUT2D eigenvalue weighted by Gasteiger charge is 2.38. The molecule has 0 radical (unpaired) electrons. The van der Waals surface area contributed by atoms with Crippen LogP contribution in [0.5, 0.6) is 5.75 Å². The Balaban J connectivity index is 1.62. The Bertz CT molecular complexity index is 1180. The second-order valence-electron chi connectivity index (χ2n) is 8.43. The zero-order chi connectivity index (χ0) is 24.9. The van der Waals surface area contributed by atoms with E-state index in [0.717, 1.165) is 23.3 Å². The second-order valence-corrected chi connectivity index (χ2v) is 9.44. The van der Waals surface area contributed by atoms with Gasteiger partial charge in [0.2, 0.25) is 11.8 Å². The van der Waals surface area contributed by atoms with Gasteiger partial charge in [-0.2, -0.15) is 0 Å². The van der Waals surface area contributed by atoms with Crippen LogP contribution in [0, 0.1) is 11.7 Å². The Morgan fingerprint density at radius 3 is 2.57 bits per heavy atom. The van der Waals surface area contributed by atoms with Gasteiger partial charge in [-0.05, 0) is 56.4 Å². The molecule has 0 spiro atoms. The summed E-state index contributed by atoms with van der Waals surface area (Å²) < 4.78 is 20.1. The van der Waals surface area contributed by atoms with E-state index < -0.39 is 5.92 Å². The van der Waals surface area contributed by atoms with E-state index in [-0.39, 0.29) is 30.6 Å². The van der Waals surface area contributed by atoms with E-state index in [0.29, 0.717) is 36.3 Å². The van der Waals surface area contributed by atoms with Gasteiger partial charge in [-0.3, -0.25) is 14.5 Å². The number of hydrogen-bond acceptors (Lipinski definition) is 6. The average molecular weight is 499 g/mol. The van der Waals surface area contributed by atoms with Crippen molar-refractivity contribution in [2.75, 3.05) is 49.1 Å². The summed E-state index contributed by atoms with van der Waals surface area (Å²) in [6.45, 7) is 9.85. The predicted octanol–water partition coefficient (Wildman–Crippen LogP) is 4.56. The van der Waals surface area contributed by atoms with Crippen molar-refractivity contribution >= 4 is 44.2 Å². The first-order valence-electron chi connectivity index (χ1n) is 12.1. The number of ether oxygens (including phenoxy) is 1. The largest absolute Gasteiger partial charge is 0.492 e. The molecule has 4 rings (SSSR count). The van der Waals surface area contributed by atoms with Crippen molar-refractivity contribution in [1.29, 1.82) is 0 Å². The van der Waals surface area contributed by atoms with Gasteiger partial charge in [0.1, 0.15) is 17.1 Å². The molecule has 3 aromatic rings. The van der Waals surface area contributed by atoms with Gasteiger partial charge >= 0.3 is 0 Å². The monoisotopic (exact) mass is 498 g/mol. The van der Waals surface area contributed by atoms with Crippen LogP contribution >= 0.6 is 11.3 Å². The van der Waals surface area contributed by atoms with Crippen LogP contribution in [0.15, 0.2) is 42.5 Å². The molecule has 1 fully saturated rings. The number of carbonyl (C=O) groups excluding carboxylic acids is 2. The number of halogens is 1. The number of hydrogen-bond donors (Lipinski definition) is 0. The molecular weight excluding hydrogens is 467 g/mol. The van der Waals surface area contributed by atoms with E-state index in [1.807, 2.05) is 25.1 Å². The van der Waals surface area contributed by atoms with E-state index >= 15 is 0 Å². The normalized spacial score (nSPS) is 15.9. The van der Waals surface area contributed by atoms with E-state index in [1.165, 1.54) is 23.5 Å². The Kier molecular flexibility index (Phi) is 7.97. The number of nitrogens with zero attached hydrogens (tertiary/aromatic N) is 4. The number of thiazole rings is 1. The van der Waals surface area contributed by atoms with Gasteiger partial charge in [0.15, 0.2) is 5.13 Å². The third-order valence-electron chi connectivity index (χ3n) is 6.31. The van der Waals surface area contributed by atoms with Gasteiger partial charge in [-0.25, -0.2) is 9.37 Å². The van der Waals surface area contributed by atoms with Gasteiger partial charge in [-0.15, -0.1) is 0 Å². The quantitative estimate of drug-likeness (QED) is 0.410. The molecule has 0 aliphatic carbocycles. The highest BCUT2D eigenvalue weighted by molar-refractivity contribution is 7.22. The number of fused-ring (bicyclic) bond motifs is 1. The average Bonchev–Trinajstić information content (AvgIpc) is 3.47. The fourth-order valence-electron chi connectivity index (χ4n) is 4.34. The topological polar surface area (TPSA) is 66.0 Å². The number of carbonyl (C=O) groups is 2. The van der Waals surface area contributed by atoms with Crippen LogP contribution in [0.4, 0.5) is 15.2 Å². The number of aromatic nitrogens is 1. The Morgan fingerprint density at radius 2 is 1.89 bits per heavy atom. The summed E-state index contributed by atoms with van der Waals surface area (Å²) in [5.74, 6) is -0.420. The number of para-hydroxylation sites is 1. The highest BCUT2D eigenvalue weighted by Crippen LogP contribution is 2.36. The Labute approximate surface area is 209 Å². The lowest BCUT2D eigenvalue weighted by Gasteiger charge is -2.26. The van der Waals surface area contributed by atoms with Gasteiger partial charge in [0.25, 0.3) is 0 Å². The Hall–Kier alpha value is -3.04. The lowest BCUT2D eigenvalue weighted by atomic mass is 10.1. The molecule has 7 nitrogen and oxygen atoms in total. The van der Waals surface area contributed by atoms with Crippen LogP contribution in [0.25, 0.3) is 10.2 Å². The predicted molar refractivity (Wildman–Crippen MR) is 138 cm³/mol. The maximum atomic E-state index is 13.8. The zero-order valence-electron chi connectivity index (χ0n) is 20.4. The zero-order valence-corrected chi connectivity index (χ0v) is 21.2. The van der Waals surface area contributed by atoms with Gasteiger partial charge < -0.3 is 14.5 Å². The number of rotatable bonds is 10. The first-order valence-corrected chi connectivity index (χ1v) is 12.9. The van der Waals surface area contributed by atoms with Gasteiger partial charge in [0, 0.05) is 31.7 Å². The maximum absolute atomic E-state index is 13.8. The molecule has 1 saturated heterocycles. The molecule has 1 aliphatic heterocycles. The van der Waals surface area contributed by atoms with Crippen molar-refractivity contribution in [1.82, 2.24) is 9.88 Å². The molecule has 2 aromatic carbocycles. The molecule has 1 aliphatic rings. The minimum atomic E-state index is -0.498. The fourth-order valence-corrected chi connectivity index (χ4v) is 5.36.